The van der Waals surface area contributed by atoms with Crippen molar-refractivity contribution in [2.45, 2.75) is 0 Å². The van der Waals surface area contributed by atoms with Crippen LogP contribution in [0.2, 0.25) is 5.02 Å². The quantitative estimate of drug-likeness (QED) is 0.363. The average molecular weight is 456 g/mol. The Morgan fingerprint density at radius 3 is 2.39 bits per heavy atom. The monoisotopic (exact) mass is 455 g/mol. The molecule has 0 radical (unpaired) electrons. The fraction of sp³-hybridized carbons (Fsp3) is 0.185. The SMILES string of the molecule is COc1ccccc1N1CCN(c2nc3ccccc3c3c2-c2ccc(Cl)cc2C3=O)CC1. The van der Waals surface area contributed by atoms with Crippen molar-refractivity contribution in [3.05, 3.63) is 82.9 Å². The second-order valence-corrected chi connectivity index (χ2v) is 8.80. The first kappa shape index (κ1) is 20.1. The summed E-state index contributed by atoms with van der Waals surface area (Å²) in [5.41, 5.74) is 5.18. The number of nitrogens with zero attached hydrogens (tertiary/aromatic N) is 3. The minimum atomic E-state index is 0.0232. The third-order valence-corrected chi connectivity index (χ3v) is 6.84. The normalized spacial score (nSPS) is 15.0. The molecule has 1 saturated heterocycles. The lowest BCUT2D eigenvalue weighted by Crippen LogP contribution is -2.47. The van der Waals surface area contributed by atoms with Crippen molar-refractivity contribution >= 4 is 39.8 Å². The maximum absolute atomic E-state index is 13.5. The first-order chi connectivity index (χ1) is 16.2. The van der Waals surface area contributed by atoms with E-state index in [1.807, 2.05) is 54.6 Å². The van der Waals surface area contributed by atoms with Crippen LogP contribution in [0.25, 0.3) is 22.0 Å². The Balaban J connectivity index is 1.43. The number of hydrogen-bond acceptors (Lipinski definition) is 5. The molecule has 164 valence electrons. The van der Waals surface area contributed by atoms with Crippen LogP contribution in [0.5, 0.6) is 5.75 Å². The van der Waals surface area contributed by atoms with Crippen molar-refractivity contribution < 1.29 is 9.53 Å². The van der Waals surface area contributed by atoms with Crippen LogP contribution in [0.3, 0.4) is 0 Å². The summed E-state index contributed by atoms with van der Waals surface area (Å²) in [6, 6.07) is 21.6. The van der Waals surface area contributed by atoms with Crippen LogP contribution in [0.1, 0.15) is 15.9 Å². The number of halogens is 1. The van der Waals surface area contributed by atoms with E-state index in [2.05, 4.69) is 15.9 Å². The van der Waals surface area contributed by atoms with E-state index in [-0.39, 0.29) is 5.78 Å². The number of benzene rings is 3. The van der Waals surface area contributed by atoms with Crippen LogP contribution >= 0.6 is 11.6 Å². The molecule has 6 heteroatoms. The molecule has 1 aromatic heterocycles. The number of carbonyl (C=O) groups is 1. The zero-order valence-electron chi connectivity index (χ0n) is 18.2. The molecular formula is C27H22ClN3O2. The van der Waals surface area contributed by atoms with Crippen LogP contribution in [-0.4, -0.2) is 44.1 Å². The fourth-order valence-corrected chi connectivity index (χ4v) is 5.20. The van der Waals surface area contributed by atoms with Crippen molar-refractivity contribution in [1.29, 1.82) is 0 Å². The molecule has 3 aromatic carbocycles. The Kier molecular flexibility index (Phi) is 4.73. The van der Waals surface area contributed by atoms with Crippen molar-refractivity contribution in [1.82, 2.24) is 4.98 Å². The molecule has 5 nitrogen and oxygen atoms in total. The molecule has 0 bridgehead atoms. The van der Waals surface area contributed by atoms with Crippen LogP contribution < -0.4 is 14.5 Å². The number of aromatic nitrogens is 1. The first-order valence-electron chi connectivity index (χ1n) is 11.1. The van der Waals surface area contributed by atoms with E-state index in [0.29, 0.717) is 10.6 Å². The highest BCUT2D eigenvalue weighted by molar-refractivity contribution is 6.33. The third-order valence-electron chi connectivity index (χ3n) is 6.60. The van der Waals surface area contributed by atoms with Crippen LogP contribution in [0.15, 0.2) is 66.7 Å². The average Bonchev–Trinajstić information content (AvgIpc) is 3.15. The van der Waals surface area contributed by atoms with Gasteiger partial charge in [-0.1, -0.05) is 48.0 Å². The third kappa shape index (κ3) is 3.15. The van der Waals surface area contributed by atoms with E-state index >= 15 is 0 Å². The largest absolute Gasteiger partial charge is 0.495 e. The number of hydrogen-bond donors (Lipinski definition) is 0. The summed E-state index contributed by atoms with van der Waals surface area (Å²) in [6.07, 6.45) is 0. The predicted molar refractivity (Wildman–Crippen MR) is 133 cm³/mol. The summed E-state index contributed by atoms with van der Waals surface area (Å²) in [5.74, 6) is 1.78. The number of rotatable bonds is 3. The highest BCUT2D eigenvalue weighted by Gasteiger charge is 2.34. The Bertz CT molecular complexity index is 1410. The zero-order chi connectivity index (χ0) is 22.5. The number of carbonyl (C=O) groups excluding carboxylic acids is 1. The summed E-state index contributed by atoms with van der Waals surface area (Å²) in [7, 11) is 1.71. The second-order valence-electron chi connectivity index (χ2n) is 8.37. The second kappa shape index (κ2) is 7.78. The smallest absolute Gasteiger partial charge is 0.195 e. The van der Waals surface area contributed by atoms with Gasteiger partial charge < -0.3 is 14.5 Å². The van der Waals surface area contributed by atoms with Crippen molar-refractivity contribution in [3.63, 3.8) is 0 Å². The highest BCUT2D eigenvalue weighted by Crippen LogP contribution is 2.46. The topological polar surface area (TPSA) is 45.7 Å². The van der Waals surface area contributed by atoms with Gasteiger partial charge in [0.25, 0.3) is 0 Å². The van der Waals surface area contributed by atoms with Gasteiger partial charge in [0.1, 0.15) is 11.6 Å². The van der Waals surface area contributed by atoms with Gasteiger partial charge in [-0.2, -0.15) is 0 Å². The molecule has 2 heterocycles. The van der Waals surface area contributed by atoms with Gasteiger partial charge >= 0.3 is 0 Å². The molecule has 1 aliphatic heterocycles. The standard InChI is InChI=1S/C27H22ClN3O2/c1-33-23-9-5-4-8-22(23)30-12-14-31(15-13-30)27-25-18-11-10-17(28)16-20(18)26(32)24(25)19-6-2-3-7-21(19)29-27/h2-11,16H,12-15H2,1H3. The van der Waals surface area contributed by atoms with E-state index in [9.17, 15) is 4.79 Å². The molecule has 1 aliphatic carbocycles. The lowest BCUT2D eigenvalue weighted by atomic mass is 10.0. The van der Waals surface area contributed by atoms with E-state index in [4.69, 9.17) is 21.3 Å². The minimum absolute atomic E-state index is 0.0232. The predicted octanol–water partition coefficient (Wildman–Crippen LogP) is 5.43. The summed E-state index contributed by atoms with van der Waals surface area (Å²) in [6.45, 7) is 3.27. The number of anilines is 2. The number of ether oxygens (including phenoxy) is 1. The molecule has 0 N–H and O–H groups in total. The molecule has 1 fully saturated rings. The van der Waals surface area contributed by atoms with Gasteiger partial charge in [0.15, 0.2) is 5.78 Å². The number of piperazine rings is 1. The summed E-state index contributed by atoms with van der Waals surface area (Å²) < 4.78 is 5.56. The van der Waals surface area contributed by atoms with Gasteiger partial charge in [-0.3, -0.25) is 4.79 Å². The summed E-state index contributed by atoms with van der Waals surface area (Å²) in [5, 5.41) is 1.46. The molecular weight excluding hydrogens is 434 g/mol. The van der Waals surface area contributed by atoms with Crippen molar-refractivity contribution in [2.24, 2.45) is 0 Å². The molecule has 0 spiro atoms. The van der Waals surface area contributed by atoms with Crippen LogP contribution in [0, 0.1) is 0 Å². The van der Waals surface area contributed by atoms with Gasteiger partial charge in [-0.25, -0.2) is 4.98 Å². The Morgan fingerprint density at radius 2 is 1.58 bits per heavy atom. The highest BCUT2D eigenvalue weighted by atomic mass is 35.5. The number of para-hydroxylation sites is 3. The maximum Gasteiger partial charge on any atom is 0.195 e. The minimum Gasteiger partial charge on any atom is -0.495 e. The van der Waals surface area contributed by atoms with Crippen molar-refractivity contribution in [3.8, 4) is 16.9 Å². The number of pyridine rings is 1. The lowest BCUT2D eigenvalue weighted by Gasteiger charge is -2.38. The molecule has 0 amide bonds. The molecule has 6 rings (SSSR count). The Labute approximate surface area is 197 Å². The fourth-order valence-electron chi connectivity index (χ4n) is 5.03. The summed E-state index contributed by atoms with van der Waals surface area (Å²) >= 11 is 6.24. The molecule has 0 saturated carbocycles. The maximum atomic E-state index is 13.5. The van der Waals surface area contributed by atoms with E-state index in [1.165, 1.54) is 0 Å². The van der Waals surface area contributed by atoms with Gasteiger partial charge in [0.2, 0.25) is 0 Å². The van der Waals surface area contributed by atoms with E-state index in [1.54, 1.807) is 13.2 Å². The van der Waals surface area contributed by atoms with E-state index < -0.39 is 0 Å². The number of ketones is 1. The van der Waals surface area contributed by atoms with E-state index in [0.717, 1.165) is 71.0 Å². The first-order valence-corrected chi connectivity index (χ1v) is 11.4. The van der Waals surface area contributed by atoms with Gasteiger partial charge in [-0.15, -0.1) is 0 Å². The summed E-state index contributed by atoms with van der Waals surface area (Å²) in [4.78, 5) is 23.2. The van der Waals surface area contributed by atoms with Gasteiger partial charge in [-0.05, 0) is 35.9 Å². The number of fused-ring (bicyclic) bond motifs is 5. The van der Waals surface area contributed by atoms with Gasteiger partial charge in [0, 0.05) is 53.3 Å². The molecule has 33 heavy (non-hydrogen) atoms. The zero-order valence-corrected chi connectivity index (χ0v) is 19.0. The molecule has 2 aliphatic rings. The molecule has 0 atom stereocenters. The van der Waals surface area contributed by atoms with Crippen LogP contribution in [0.4, 0.5) is 11.5 Å². The van der Waals surface area contributed by atoms with Gasteiger partial charge in [0.05, 0.1) is 18.3 Å². The van der Waals surface area contributed by atoms with Crippen molar-refractivity contribution in [2.75, 3.05) is 43.1 Å². The lowest BCUT2D eigenvalue weighted by molar-refractivity contribution is 0.104. The van der Waals surface area contributed by atoms with Crippen LogP contribution in [-0.2, 0) is 0 Å². The molecule has 4 aromatic rings. The Morgan fingerprint density at radius 1 is 0.848 bits per heavy atom. The Hall–Kier alpha value is -3.57. The number of methoxy groups -OCH3 is 1. The molecule has 0 unspecified atom stereocenters.